The summed E-state index contributed by atoms with van der Waals surface area (Å²) in [4.78, 5) is -0.0983. The van der Waals surface area contributed by atoms with Crippen molar-refractivity contribution >= 4 is 10.1 Å². The predicted octanol–water partition coefficient (Wildman–Crippen LogP) is 4.55. The highest BCUT2D eigenvalue weighted by Gasteiger charge is 2.41. The Labute approximate surface area is 145 Å². The van der Waals surface area contributed by atoms with Crippen molar-refractivity contribution in [2.24, 2.45) is 23.2 Å². The molecule has 1 N–H and O–H groups in total. The van der Waals surface area contributed by atoms with Crippen LogP contribution in [0.1, 0.15) is 52.4 Å². The molecule has 0 radical (unpaired) electrons. The molecule has 5 heteroatoms. The molecule has 2 saturated carbocycles. The molecule has 1 aromatic rings. The van der Waals surface area contributed by atoms with Crippen LogP contribution >= 0.6 is 0 Å². The lowest BCUT2D eigenvalue weighted by atomic mass is 9.59. The second-order valence-electron chi connectivity index (χ2n) is 8.17. The van der Waals surface area contributed by atoms with Crippen LogP contribution in [0.25, 0.3) is 0 Å². The molecule has 24 heavy (non-hydrogen) atoms. The van der Waals surface area contributed by atoms with Crippen LogP contribution in [0, 0.1) is 23.2 Å². The van der Waals surface area contributed by atoms with Gasteiger partial charge in [0.2, 0.25) is 0 Å². The summed E-state index contributed by atoms with van der Waals surface area (Å²) in [6.45, 7) is 5.30. The Balaban J connectivity index is 1.60. The highest BCUT2D eigenvalue weighted by atomic mass is 32.2. The van der Waals surface area contributed by atoms with Gasteiger partial charge in [-0.15, -0.1) is 0 Å². The minimum Gasteiger partial charge on any atom is -0.493 e. The van der Waals surface area contributed by atoms with E-state index in [1.165, 1.54) is 50.7 Å². The van der Waals surface area contributed by atoms with Gasteiger partial charge in [-0.1, -0.05) is 20.3 Å². The first-order valence-electron chi connectivity index (χ1n) is 8.98. The Kier molecular flexibility index (Phi) is 4.94. The van der Waals surface area contributed by atoms with Gasteiger partial charge in [-0.3, -0.25) is 4.55 Å². The Hall–Kier alpha value is -1.07. The molecule has 2 unspecified atom stereocenters. The van der Waals surface area contributed by atoms with Gasteiger partial charge in [0.15, 0.2) is 0 Å². The van der Waals surface area contributed by atoms with Gasteiger partial charge in [-0.05, 0) is 74.1 Å². The van der Waals surface area contributed by atoms with Crippen LogP contribution in [0.3, 0.4) is 0 Å². The molecule has 3 rings (SSSR count). The highest BCUT2D eigenvalue weighted by Crippen LogP contribution is 2.50. The monoisotopic (exact) mass is 352 g/mol. The van der Waals surface area contributed by atoms with E-state index in [0.29, 0.717) is 12.4 Å². The number of ether oxygens (including phenoxy) is 1. The molecule has 0 spiro atoms. The van der Waals surface area contributed by atoms with Crippen molar-refractivity contribution in [1.29, 1.82) is 0 Å². The fourth-order valence-electron chi connectivity index (χ4n) is 4.93. The molecule has 0 aliphatic heterocycles. The number of fused-ring (bicyclic) bond motifs is 2. The van der Waals surface area contributed by atoms with Crippen molar-refractivity contribution in [1.82, 2.24) is 0 Å². The lowest BCUT2D eigenvalue weighted by Gasteiger charge is -2.47. The zero-order valence-electron chi connectivity index (χ0n) is 14.6. The number of hydrogen-bond acceptors (Lipinski definition) is 3. The summed E-state index contributed by atoms with van der Waals surface area (Å²) < 4.78 is 37.1. The zero-order chi connectivity index (χ0) is 17.4. The average Bonchev–Trinajstić information content (AvgIpc) is 2.51. The van der Waals surface area contributed by atoms with Crippen molar-refractivity contribution < 1.29 is 17.7 Å². The van der Waals surface area contributed by atoms with Crippen molar-refractivity contribution in [2.45, 2.75) is 57.3 Å². The van der Waals surface area contributed by atoms with E-state index in [-0.39, 0.29) is 10.3 Å². The van der Waals surface area contributed by atoms with Crippen molar-refractivity contribution in [2.75, 3.05) is 6.61 Å². The zero-order valence-corrected chi connectivity index (χ0v) is 15.4. The molecule has 134 valence electrons. The maximum atomic E-state index is 11.1. The van der Waals surface area contributed by atoms with Crippen LogP contribution < -0.4 is 4.74 Å². The van der Waals surface area contributed by atoms with Gasteiger partial charge in [0, 0.05) is 5.41 Å². The Morgan fingerprint density at radius 1 is 1.12 bits per heavy atom. The van der Waals surface area contributed by atoms with E-state index in [1.54, 1.807) is 12.1 Å². The molecule has 2 atom stereocenters. The molecular weight excluding hydrogens is 324 g/mol. The van der Waals surface area contributed by atoms with E-state index in [9.17, 15) is 8.42 Å². The van der Waals surface area contributed by atoms with Crippen molar-refractivity contribution in [3.05, 3.63) is 24.3 Å². The van der Waals surface area contributed by atoms with Crippen LogP contribution in [0.15, 0.2) is 29.2 Å². The van der Waals surface area contributed by atoms with Gasteiger partial charge in [-0.25, -0.2) is 0 Å². The molecule has 2 aliphatic rings. The third-order valence-electron chi connectivity index (χ3n) is 5.85. The van der Waals surface area contributed by atoms with Crippen LogP contribution in [0.4, 0.5) is 0 Å². The largest absolute Gasteiger partial charge is 0.493 e. The second kappa shape index (κ2) is 6.68. The molecule has 0 aromatic heterocycles. The molecule has 1 aromatic carbocycles. The van der Waals surface area contributed by atoms with Gasteiger partial charge in [0.05, 0.1) is 11.5 Å². The maximum Gasteiger partial charge on any atom is 0.294 e. The Morgan fingerprint density at radius 2 is 1.71 bits per heavy atom. The topological polar surface area (TPSA) is 63.6 Å². The fourth-order valence-corrected chi connectivity index (χ4v) is 5.41. The number of benzene rings is 1. The van der Waals surface area contributed by atoms with Crippen LogP contribution in [0.5, 0.6) is 5.75 Å². The van der Waals surface area contributed by atoms with E-state index in [1.807, 2.05) is 0 Å². The van der Waals surface area contributed by atoms with Gasteiger partial charge >= 0.3 is 0 Å². The molecular formula is C19H28O4S. The summed E-state index contributed by atoms with van der Waals surface area (Å²) in [5.74, 6) is 3.23. The summed E-state index contributed by atoms with van der Waals surface area (Å²) in [5.41, 5.74) is 0.202. The summed E-state index contributed by atoms with van der Waals surface area (Å²) in [5, 5.41) is 0. The molecule has 4 nitrogen and oxygen atoms in total. The first kappa shape index (κ1) is 17.7. The first-order valence-corrected chi connectivity index (χ1v) is 10.4. The smallest absolute Gasteiger partial charge is 0.294 e. The molecule has 2 aliphatic carbocycles. The van der Waals surface area contributed by atoms with E-state index in [2.05, 4.69) is 13.8 Å². The quantitative estimate of drug-likeness (QED) is 0.789. The van der Waals surface area contributed by atoms with E-state index in [4.69, 9.17) is 9.29 Å². The minimum atomic E-state index is -4.14. The molecule has 2 fully saturated rings. The fraction of sp³-hybridized carbons (Fsp3) is 0.684. The lowest BCUT2D eigenvalue weighted by Crippen LogP contribution is -2.39. The predicted molar refractivity (Wildman–Crippen MR) is 93.7 cm³/mol. The minimum absolute atomic E-state index is 0.0983. The van der Waals surface area contributed by atoms with Crippen molar-refractivity contribution in [3.63, 3.8) is 0 Å². The van der Waals surface area contributed by atoms with Gasteiger partial charge < -0.3 is 4.74 Å². The van der Waals surface area contributed by atoms with Crippen molar-refractivity contribution in [3.8, 4) is 5.75 Å². The lowest BCUT2D eigenvalue weighted by molar-refractivity contribution is 0.0109. The molecule has 0 saturated heterocycles. The molecule has 2 bridgehead atoms. The van der Waals surface area contributed by atoms with E-state index < -0.39 is 10.1 Å². The number of rotatable bonds is 5. The van der Waals surface area contributed by atoms with E-state index in [0.717, 1.165) is 17.8 Å². The van der Waals surface area contributed by atoms with Crippen LogP contribution in [0.2, 0.25) is 0 Å². The highest BCUT2D eigenvalue weighted by molar-refractivity contribution is 7.85. The van der Waals surface area contributed by atoms with E-state index >= 15 is 0 Å². The second-order valence-corrected chi connectivity index (χ2v) is 9.59. The summed E-state index contributed by atoms with van der Waals surface area (Å²) in [6.07, 6.45) is 7.87. The normalized spacial score (nSPS) is 33.2. The van der Waals surface area contributed by atoms with Crippen LogP contribution in [-0.4, -0.2) is 19.6 Å². The average molecular weight is 352 g/mol. The summed E-state index contributed by atoms with van der Waals surface area (Å²) in [7, 11) is -4.14. The molecule has 0 amide bonds. The third-order valence-corrected chi connectivity index (χ3v) is 6.72. The maximum absolute atomic E-state index is 11.1. The Bertz CT molecular complexity index is 651. The van der Waals surface area contributed by atoms with Gasteiger partial charge in [0.1, 0.15) is 5.75 Å². The van der Waals surface area contributed by atoms with Gasteiger partial charge in [0.25, 0.3) is 10.1 Å². The van der Waals surface area contributed by atoms with Crippen LogP contribution in [-0.2, 0) is 10.1 Å². The summed E-state index contributed by atoms with van der Waals surface area (Å²) in [6, 6.07) is 6.00. The van der Waals surface area contributed by atoms with Gasteiger partial charge in [-0.2, -0.15) is 8.42 Å². The Morgan fingerprint density at radius 3 is 2.21 bits per heavy atom. The standard InChI is InChI=1S/C19H28O4S/c1-3-14-8-15-10-16(9-14)12-19(2,11-15)13-23-17-4-6-18(7-5-17)24(20,21)22/h4-7,14-16H,3,8-13H2,1-2H3,(H,20,21,22). The molecule has 0 heterocycles. The first-order chi connectivity index (χ1) is 11.3. The third kappa shape index (κ3) is 4.12. The summed E-state index contributed by atoms with van der Waals surface area (Å²) >= 11 is 0. The SMILES string of the molecule is CCC1CC2CC(C1)CC(C)(COc1ccc(S(=O)(=O)O)cc1)C2. The number of hydrogen-bond donors (Lipinski definition) is 1.